The van der Waals surface area contributed by atoms with Crippen molar-refractivity contribution in [3.8, 4) is 11.3 Å². The molecule has 6 heteroatoms. The van der Waals surface area contributed by atoms with Crippen LogP contribution in [0, 0.1) is 0 Å². The minimum Gasteiger partial charge on any atom is -0.395 e. The summed E-state index contributed by atoms with van der Waals surface area (Å²) in [7, 11) is 0. The highest BCUT2D eigenvalue weighted by Gasteiger charge is 2.08. The SMILES string of the molecule is O=c1[nH]nc(-c2cccc(NCCCCCNCCO)c2)c2ccccc12. The van der Waals surface area contributed by atoms with E-state index in [0.717, 1.165) is 54.7 Å². The Hall–Kier alpha value is -2.70. The molecule has 0 spiro atoms. The van der Waals surface area contributed by atoms with Crippen LogP contribution in [-0.4, -0.2) is 41.5 Å². The van der Waals surface area contributed by atoms with Crippen molar-refractivity contribution in [3.05, 3.63) is 58.9 Å². The van der Waals surface area contributed by atoms with Crippen LogP contribution in [0.1, 0.15) is 19.3 Å². The smallest absolute Gasteiger partial charge is 0.272 e. The van der Waals surface area contributed by atoms with E-state index in [-0.39, 0.29) is 12.2 Å². The zero-order valence-electron chi connectivity index (χ0n) is 15.4. The number of hydrogen-bond donors (Lipinski definition) is 4. The Morgan fingerprint density at radius 2 is 1.74 bits per heavy atom. The van der Waals surface area contributed by atoms with Gasteiger partial charge in [-0.15, -0.1) is 0 Å². The highest BCUT2D eigenvalue weighted by atomic mass is 16.3. The molecule has 0 radical (unpaired) electrons. The van der Waals surface area contributed by atoms with Gasteiger partial charge in [0.15, 0.2) is 0 Å². The van der Waals surface area contributed by atoms with Crippen molar-refractivity contribution >= 4 is 16.5 Å². The zero-order chi connectivity index (χ0) is 18.9. The quantitative estimate of drug-likeness (QED) is 0.414. The number of nitrogens with zero attached hydrogens (tertiary/aromatic N) is 1. The van der Waals surface area contributed by atoms with Gasteiger partial charge in [0.25, 0.3) is 5.56 Å². The summed E-state index contributed by atoms with van der Waals surface area (Å²) in [5.41, 5.74) is 2.63. The molecule has 0 saturated heterocycles. The second kappa shape index (κ2) is 9.85. The fourth-order valence-electron chi connectivity index (χ4n) is 3.10. The molecule has 0 bridgehead atoms. The first-order valence-electron chi connectivity index (χ1n) is 9.43. The Bertz CT molecular complexity index is 923. The van der Waals surface area contributed by atoms with Crippen molar-refractivity contribution in [2.45, 2.75) is 19.3 Å². The first kappa shape index (κ1) is 19.1. The number of aromatic amines is 1. The second-order valence-corrected chi connectivity index (χ2v) is 6.49. The molecule has 0 aliphatic rings. The molecule has 4 N–H and O–H groups in total. The molecule has 3 rings (SSSR count). The van der Waals surface area contributed by atoms with Crippen LogP contribution >= 0.6 is 0 Å². The molecule has 2 aromatic carbocycles. The Balaban J connectivity index is 1.62. The van der Waals surface area contributed by atoms with Gasteiger partial charge in [0.1, 0.15) is 0 Å². The molecule has 3 aromatic rings. The lowest BCUT2D eigenvalue weighted by molar-refractivity contribution is 0.292. The highest BCUT2D eigenvalue weighted by molar-refractivity contribution is 5.94. The summed E-state index contributed by atoms with van der Waals surface area (Å²) in [6.07, 6.45) is 3.33. The lowest BCUT2D eigenvalue weighted by Gasteiger charge is -2.10. The summed E-state index contributed by atoms with van der Waals surface area (Å²) < 4.78 is 0. The van der Waals surface area contributed by atoms with Gasteiger partial charge in [0.2, 0.25) is 0 Å². The van der Waals surface area contributed by atoms with E-state index >= 15 is 0 Å². The third-order valence-corrected chi connectivity index (χ3v) is 4.48. The van der Waals surface area contributed by atoms with Gasteiger partial charge in [-0.2, -0.15) is 5.10 Å². The number of anilines is 1. The largest absolute Gasteiger partial charge is 0.395 e. The molecule has 27 heavy (non-hydrogen) atoms. The number of nitrogens with one attached hydrogen (secondary N) is 3. The predicted octanol–water partition coefficient (Wildman–Crippen LogP) is 2.75. The Kier molecular flexibility index (Phi) is 6.96. The third kappa shape index (κ3) is 5.15. The average Bonchev–Trinajstić information content (AvgIpc) is 2.71. The molecule has 0 saturated carbocycles. The summed E-state index contributed by atoms with van der Waals surface area (Å²) in [4.78, 5) is 12.0. The van der Waals surface area contributed by atoms with Crippen LogP contribution in [0.5, 0.6) is 0 Å². The van der Waals surface area contributed by atoms with E-state index < -0.39 is 0 Å². The van der Waals surface area contributed by atoms with Crippen LogP contribution in [0.4, 0.5) is 5.69 Å². The van der Waals surface area contributed by atoms with Crippen LogP contribution in [0.3, 0.4) is 0 Å². The summed E-state index contributed by atoms with van der Waals surface area (Å²) in [6, 6.07) is 15.6. The van der Waals surface area contributed by atoms with E-state index in [9.17, 15) is 4.79 Å². The minimum absolute atomic E-state index is 0.169. The van der Waals surface area contributed by atoms with Crippen LogP contribution in [-0.2, 0) is 0 Å². The van der Waals surface area contributed by atoms with E-state index in [1.54, 1.807) is 0 Å². The standard InChI is InChI=1S/C21H26N4O2/c26-14-13-22-11-4-1-5-12-23-17-8-6-7-16(15-17)20-18-9-2-3-10-19(18)21(27)25-24-20/h2-3,6-10,15,22-23,26H,1,4-5,11-14H2,(H,25,27). The third-order valence-electron chi connectivity index (χ3n) is 4.48. The Labute approximate surface area is 158 Å². The summed E-state index contributed by atoms with van der Waals surface area (Å²) in [6.45, 7) is 2.71. The van der Waals surface area contributed by atoms with Crippen LogP contribution in [0.25, 0.3) is 22.0 Å². The first-order chi connectivity index (χ1) is 13.3. The lowest BCUT2D eigenvalue weighted by Crippen LogP contribution is -2.19. The fraction of sp³-hybridized carbons (Fsp3) is 0.333. The molecular formula is C21H26N4O2. The molecule has 0 atom stereocenters. The maximum Gasteiger partial charge on any atom is 0.272 e. The van der Waals surface area contributed by atoms with Gasteiger partial charge < -0.3 is 15.7 Å². The van der Waals surface area contributed by atoms with Gasteiger partial charge in [-0.25, -0.2) is 5.10 Å². The van der Waals surface area contributed by atoms with Crippen molar-refractivity contribution in [1.29, 1.82) is 0 Å². The van der Waals surface area contributed by atoms with Crippen molar-refractivity contribution < 1.29 is 5.11 Å². The van der Waals surface area contributed by atoms with Gasteiger partial charge in [0.05, 0.1) is 17.7 Å². The first-order valence-corrected chi connectivity index (χ1v) is 9.43. The predicted molar refractivity (Wildman–Crippen MR) is 110 cm³/mol. The summed E-state index contributed by atoms with van der Waals surface area (Å²) in [5, 5.41) is 23.7. The van der Waals surface area contributed by atoms with Crippen LogP contribution in [0.2, 0.25) is 0 Å². The molecule has 142 valence electrons. The second-order valence-electron chi connectivity index (χ2n) is 6.49. The van der Waals surface area contributed by atoms with Crippen molar-refractivity contribution in [3.63, 3.8) is 0 Å². The van der Waals surface area contributed by atoms with E-state index in [1.165, 1.54) is 0 Å². The fourth-order valence-corrected chi connectivity index (χ4v) is 3.10. The van der Waals surface area contributed by atoms with E-state index in [2.05, 4.69) is 26.9 Å². The van der Waals surface area contributed by atoms with E-state index in [1.807, 2.05) is 42.5 Å². The normalized spacial score (nSPS) is 11.0. The van der Waals surface area contributed by atoms with Crippen LogP contribution in [0.15, 0.2) is 53.3 Å². The molecular weight excluding hydrogens is 340 g/mol. The molecule has 6 nitrogen and oxygen atoms in total. The Morgan fingerprint density at radius 3 is 2.59 bits per heavy atom. The molecule has 1 aromatic heterocycles. The minimum atomic E-state index is -0.169. The van der Waals surface area contributed by atoms with Gasteiger partial charge in [0, 0.05) is 29.7 Å². The van der Waals surface area contributed by atoms with Gasteiger partial charge in [-0.3, -0.25) is 4.79 Å². The van der Waals surface area contributed by atoms with Gasteiger partial charge >= 0.3 is 0 Å². The number of aliphatic hydroxyl groups excluding tert-OH is 1. The lowest BCUT2D eigenvalue weighted by atomic mass is 10.0. The topological polar surface area (TPSA) is 90.0 Å². The zero-order valence-corrected chi connectivity index (χ0v) is 15.4. The number of aromatic nitrogens is 2. The number of fused-ring (bicyclic) bond motifs is 1. The molecule has 0 aliphatic carbocycles. The van der Waals surface area contributed by atoms with E-state index in [0.29, 0.717) is 11.9 Å². The molecule has 1 heterocycles. The van der Waals surface area contributed by atoms with E-state index in [4.69, 9.17) is 5.11 Å². The van der Waals surface area contributed by atoms with Gasteiger partial charge in [-0.05, 0) is 37.6 Å². The summed E-state index contributed by atoms with van der Waals surface area (Å²) in [5.74, 6) is 0. The number of benzene rings is 2. The molecule has 0 fully saturated rings. The maximum atomic E-state index is 12.0. The van der Waals surface area contributed by atoms with Crippen molar-refractivity contribution in [2.75, 3.05) is 31.6 Å². The molecule has 0 amide bonds. The van der Waals surface area contributed by atoms with Crippen molar-refractivity contribution in [1.82, 2.24) is 15.5 Å². The molecule has 0 unspecified atom stereocenters. The maximum absolute atomic E-state index is 12.0. The monoisotopic (exact) mass is 366 g/mol. The number of hydrogen-bond acceptors (Lipinski definition) is 5. The number of H-pyrrole nitrogens is 1. The van der Waals surface area contributed by atoms with Crippen molar-refractivity contribution in [2.24, 2.45) is 0 Å². The summed E-state index contributed by atoms with van der Waals surface area (Å²) >= 11 is 0. The Morgan fingerprint density at radius 1 is 0.926 bits per heavy atom. The molecule has 0 aliphatic heterocycles. The number of aliphatic hydroxyl groups is 1. The van der Waals surface area contributed by atoms with Crippen LogP contribution < -0.4 is 16.2 Å². The average molecular weight is 366 g/mol. The highest BCUT2D eigenvalue weighted by Crippen LogP contribution is 2.26. The number of unbranched alkanes of at least 4 members (excludes halogenated alkanes) is 2. The van der Waals surface area contributed by atoms with Gasteiger partial charge in [-0.1, -0.05) is 36.8 Å². The number of rotatable bonds is 10.